The van der Waals surface area contributed by atoms with Gasteiger partial charge in [-0.25, -0.2) is 9.97 Å². The summed E-state index contributed by atoms with van der Waals surface area (Å²) >= 11 is 5.86. The minimum absolute atomic E-state index is 0.168. The number of nitrogens with one attached hydrogen (secondary N) is 1. The van der Waals surface area contributed by atoms with Crippen molar-refractivity contribution in [1.29, 1.82) is 0 Å². The molecule has 0 aliphatic carbocycles. The number of hydrogen-bond donors (Lipinski definition) is 1. The van der Waals surface area contributed by atoms with E-state index in [1.807, 2.05) is 6.07 Å². The van der Waals surface area contributed by atoms with Crippen molar-refractivity contribution in [1.82, 2.24) is 15.1 Å². The Hall–Kier alpha value is -3.65. The van der Waals surface area contributed by atoms with Crippen LogP contribution in [-0.4, -0.2) is 27.8 Å². The smallest absolute Gasteiger partial charge is 0.259 e. The first-order chi connectivity index (χ1) is 14.1. The van der Waals surface area contributed by atoms with Crippen LogP contribution in [0.15, 0.2) is 47.1 Å². The molecule has 8 nitrogen and oxygen atoms in total. The Morgan fingerprint density at radius 2 is 2.00 bits per heavy atom. The molecule has 0 radical (unpaired) electrons. The van der Waals surface area contributed by atoms with E-state index < -0.39 is 0 Å². The van der Waals surface area contributed by atoms with Crippen LogP contribution in [0.1, 0.15) is 16.1 Å². The van der Waals surface area contributed by atoms with Crippen molar-refractivity contribution < 1.29 is 18.8 Å². The molecule has 0 spiro atoms. The quantitative estimate of drug-likeness (QED) is 0.541. The third kappa shape index (κ3) is 3.13. The minimum Gasteiger partial charge on any atom is -0.454 e. The van der Waals surface area contributed by atoms with Crippen molar-refractivity contribution in [3.63, 3.8) is 0 Å². The number of carbonyl (C=O) groups is 1. The Morgan fingerprint density at radius 3 is 2.83 bits per heavy atom. The number of halogens is 1. The van der Waals surface area contributed by atoms with Gasteiger partial charge in [0.15, 0.2) is 11.5 Å². The van der Waals surface area contributed by atoms with E-state index in [1.165, 1.54) is 6.20 Å². The molecule has 1 aliphatic heterocycles. The highest BCUT2D eigenvalue weighted by molar-refractivity contribution is 6.30. The second-order valence-corrected chi connectivity index (χ2v) is 6.84. The molecule has 1 aromatic carbocycles. The van der Waals surface area contributed by atoms with Gasteiger partial charge in [-0.1, -0.05) is 16.8 Å². The highest BCUT2D eigenvalue weighted by atomic mass is 35.5. The van der Waals surface area contributed by atoms with E-state index in [9.17, 15) is 4.79 Å². The second-order valence-electron chi connectivity index (χ2n) is 6.41. The fourth-order valence-electron chi connectivity index (χ4n) is 3.13. The zero-order valence-electron chi connectivity index (χ0n) is 15.1. The van der Waals surface area contributed by atoms with Crippen LogP contribution >= 0.6 is 11.6 Å². The predicted molar refractivity (Wildman–Crippen MR) is 105 cm³/mol. The molecule has 0 saturated carbocycles. The van der Waals surface area contributed by atoms with Crippen molar-refractivity contribution in [2.45, 2.75) is 6.92 Å². The summed E-state index contributed by atoms with van der Waals surface area (Å²) in [4.78, 5) is 21.5. The van der Waals surface area contributed by atoms with Gasteiger partial charge in [0, 0.05) is 17.5 Å². The molecule has 4 aromatic rings. The lowest BCUT2D eigenvalue weighted by atomic mass is 10.0. The van der Waals surface area contributed by atoms with Crippen LogP contribution in [-0.2, 0) is 0 Å². The average Bonchev–Trinajstić information content (AvgIpc) is 3.35. The Labute approximate surface area is 169 Å². The molecule has 0 unspecified atom stereocenters. The Kier molecular flexibility index (Phi) is 4.06. The maximum atomic E-state index is 13.0. The maximum Gasteiger partial charge on any atom is 0.259 e. The number of aromatic nitrogens is 3. The van der Waals surface area contributed by atoms with Gasteiger partial charge in [-0.2, -0.15) is 0 Å². The van der Waals surface area contributed by atoms with Gasteiger partial charge in [-0.15, -0.1) is 0 Å². The molecular formula is C20H13ClN4O4. The van der Waals surface area contributed by atoms with Gasteiger partial charge in [0.05, 0.1) is 16.0 Å². The van der Waals surface area contributed by atoms with E-state index in [0.29, 0.717) is 44.7 Å². The number of aryl methyl sites for hydroxylation is 1. The normalized spacial score (nSPS) is 12.3. The van der Waals surface area contributed by atoms with Crippen molar-refractivity contribution in [3.8, 4) is 22.8 Å². The van der Waals surface area contributed by atoms with Gasteiger partial charge in [-0.05, 0) is 43.3 Å². The molecule has 3 aromatic heterocycles. The molecule has 29 heavy (non-hydrogen) atoms. The predicted octanol–water partition coefficient (Wildman–Crippen LogP) is 4.23. The van der Waals surface area contributed by atoms with E-state index in [0.717, 1.165) is 5.56 Å². The standard InChI is InChI=1S/C20H13ClN4O4/c1-10-6-13(19(26)24-16-5-3-12(21)8-22-16)17-18(25-29-20(17)23-10)11-2-4-14-15(7-11)28-9-27-14/h2-8H,9H2,1H3,(H,22,24,26). The zero-order chi connectivity index (χ0) is 20.0. The maximum absolute atomic E-state index is 13.0. The summed E-state index contributed by atoms with van der Waals surface area (Å²) in [5, 5.41) is 7.89. The van der Waals surface area contributed by atoms with Crippen LogP contribution in [0.2, 0.25) is 5.02 Å². The van der Waals surface area contributed by atoms with E-state index in [4.69, 9.17) is 25.6 Å². The molecule has 9 heteroatoms. The lowest BCUT2D eigenvalue weighted by molar-refractivity contribution is 0.102. The minimum atomic E-state index is -0.361. The van der Waals surface area contributed by atoms with Gasteiger partial charge in [0.2, 0.25) is 6.79 Å². The van der Waals surface area contributed by atoms with Crippen LogP contribution < -0.4 is 14.8 Å². The number of carbonyl (C=O) groups excluding carboxylic acids is 1. The third-order valence-electron chi connectivity index (χ3n) is 4.43. The molecule has 0 bridgehead atoms. The average molecular weight is 409 g/mol. The summed E-state index contributed by atoms with van der Waals surface area (Å²) in [5.74, 6) is 1.28. The number of pyridine rings is 2. The number of anilines is 1. The van der Waals surface area contributed by atoms with E-state index in [-0.39, 0.29) is 18.4 Å². The van der Waals surface area contributed by atoms with Crippen molar-refractivity contribution in [2.75, 3.05) is 12.1 Å². The summed E-state index contributed by atoms with van der Waals surface area (Å²) in [6.07, 6.45) is 1.46. The lowest BCUT2D eigenvalue weighted by Crippen LogP contribution is -2.14. The fraction of sp³-hybridized carbons (Fsp3) is 0.100. The second kappa shape index (κ2) is 6.75. The highest BCUT2D eigenvalue weighted by Gasteiger charge is 2.23. The van der Waals surface area contributed by atoms with Crippen LogP contribution in [0.5, 0.6) is 11.5 Å². The number of nitrogens with zero attached hydrogens (tertiary/aromatic N) is 3. The number of amides is 1. The summed E-state index contributed by atoms with van der Waals surface area (Å²) in [6.45, 7) is 1.94. The van der Waals surface area contributed by atoms with Gasteiger partial charge < -0.3 is 19.3 Å². The molecule has 1 aliphatic rings. The molecular weight excluding hydrogens is 396 g/mol. The first-order valence-corrected chi connectivity index (χ1v) is 9.06. The number of rotatable bonds is 3. The molecule has 0 atom stereocenters. The monoisotopic (exact) mass is 408 g/mol. The molecule has 1 N–H and O–H groups in total. The number of benzene rings is 1. The molecule has 4 heterocycles. The summed E-state index contributed by atoms with van der Waals surface area (Å²) < 4.78 is 16.2. The van der Waals surface area contributed by atoms with Crippen LogP contribution in [0.25, 0.3) is 22.4 Å². The molecule has 5 rings (SSSR count). The largest absolute Gasteiger partial charge is 0.454 e. The Bertz CT molecular complexity index is 1250. The fourth-order valence-corrected chi connectivity index (χ4v) is 3.24. The third-order valence-corrected chi connectivity index (χ3v) is 4.66. The van der Waals surface area contributed by atoms with E-state index >= 15 is 0 Å². The summed E-state index contributed by atoms with van der Waals surface area (Å²) in [7, 11) is 0. The highest BCUT2D eigenvalue weighted by Crippen LogP contribution is 2.38. The van der Waals surface area contributed by atoms with Crippen LogP contribution in [0.4, 0.5) is 5.82 Å². The SMILES string of the molecule is Cc1cc(C(=O)Nc2ccc(Cl)cn2)c2c(-c3ccc4c(c3)OCO4)noc2n1. The molecule has 0 saturated heterocycles. The van der Waals surface area contributed by atoms with Crippen LogP contribution in [0, 0.1) is 6.92 Å². The van der Waals surface area contributed by atoms with Crippen molar-refractivity contribution >= 4 is 34.4 Å². The van der Waals surface area contributed by atoms with Gasteiger partial charge in [0.25, 0.3) is 11.6 Å². The van der Waals surface area contributed by atoms with E-state index in [1.54, 1.807) is 37.3 Å². The first kappa shape index (κ1) is 17.4. The molecule has 0 fully saturated rings. The topological polar surface area (TPSA) is 99.4 Å². The van der Waals surface area contributed by atoms with Gasteiger partial charge >= 0.3 is 0 Å². The lowest BCUT2D eigenvalue weighted by Gasteiger charge is -2.07. The van der Waals surface area contributed by atoms with Gasteiger partial charge in [0.1, 0.15) is 11.5 Å². The zero-order valence-corrected chi connectivity index (χ0v) is 15.9. The molecule has 144 valence electrons. The summed E-state index contributed by atoms with van der Waals surface area (Å²) in [5.41, 5.74) is 2.47. The van der Waals surface area contributed by atoms with Crippen LogP contribution in [0.3, 0.4) is 0 Å². The first-order valence-electron chi connectivity index (χ1n) is 8.68. The number of hydrogen-bond acceptors (Lipinski definition) is 7. The van der Waals surface area contributed by atoms with Crippen molar-refractivity contribution in [3.05, 3.63) is 58.9 Å². The number of fused-ring (bicyclic) bond motifs is 2. The van der Waals surface area contributed by atoms with Crippen molar-refractivity contribution in [2.24, 2.45) is 0 Å². The Morgan fingerprint density at radius 1 is 1.14 bits per heavy atom. The van der Waals surface area contributed by atoms with E-state index in [2.05, 4.69) is 20.4 Å². The summed E-state index contributed by atoms with van der Waals surface area (Å²) in [6, 6.07) is 10.4. The molecule has 1 amide bonds. The number of ether oxygens (including phenoxy) is 2. The Balaban J connectivity index is 1.60. The van der Waals surface area contributed by atoms with Gasteiger partial charge in [-0.3, -0.25) is 4.79 Å².